The van der Waals surface area contributed by atoms with Crippen LogP contribution in [-0.2, 0) is 22.6 Å². The highest BCUT2D eigenvalue weighted by Gasteiger charge is 2.46. The third-order valence-corrected chi connectivity index (χ3v) is 6.69. The van der Waals surface area contributed by atoms with E-state index in [1.165, 1.54) is 4.90 Å². The molecule has 8 nitrogen and oxygen atoms in total. The van der Waals surface area contributed by atoms with E-state index in [0.29, 0.717) is 42.3 Å². The smallest absolute Gasteiger partial charge is 0.295 e. The summed E-state index contributed by atoms with van der Waals surface area (Å²) in [5.41, 5.74) is 2.88. The Morgan fingerprint density at radius 3 is 2.50 bits per heavy atom. The van der Waals surface area contributed by atoms with Gasteiger partial charge in [-0.05, 0) is 79.9 Å². The van der Waals surface area contributed by atoms with E-state index >= 15 is 0 Å². The van der Waals surface area contributed by atoms with Crippen LogP contribution in [-0.4, -0.2) is 46.0 Å². The summed E-state index contributed by atoms with van der Waals surface area (Å²) in [7, 11) is 0. The van der Waals surface area contributed by atoms with Crippen LogP contribution in [0.4, 0.5) is 0 Å². The summed E-state index contributed by atoms with van der Waals surface area (Å²) in [6.45, 7) is 6.77. The molecule has 0 radical (unpaired) electrons. The number of Topliss-reactive ketones (excluding diaryl/α,β-unsaturated/α-hetero) is 1. The number of aliphatic hydroxyl groups excluding tert-OH is 1. The van der Waals surface area contributed by atoms with Crippen molar-refractivity contribution in [3.05, 3.63) is 88.8 Å². The molecule has 1 N–H and O–H groups in total. The van der Waals surface area contributed by atoms with E-state index in [9.17, 15) is 14.7 Å². The molecule has 2 unspecified atom stereocenters. The highest BCUT2D eigenvalue weighted by molar-refractivity contribution is 6.46. The van der Waals surface area contributed by atoms with E-state index in [-0.39, 0.29) is 24.0 Å². The van der Waals surface area contributed by atoms with E-state index in [4.69, 9.17) is 14.2 Å². The van der Waals surface area contributed by atoms with Crippen molar-refractivity contribution in [2.24, 2.45) is 0 Å². The average Bonchev–Trinajstić information content (AvgIpc) is 3.41. The molecule has 1 amide bonds. The number of benzene rings is 2. The summed E-state index contributed by atoms with van der Waals surface area (Å²) in [6.07, 6.45) is 4.01. The Hall–Kier alpha value is -4.33. The van der Waals surface area contributed by atoms with Gasteiger partial charge in [0.1, 0.15) is 17.6 Å². The van der Waals surface area contributed by atoms with Crippen molar-refractivity contribution in [1.29, 1.82) is 0 Å². The monoisotopic (exact) mass is 514 g/mol. The maximum Gasteiger partial charge on any atom is 0.295 e. The van der Waals surface area contributed by atoms with Crippen molar-refractivity contribution in [1.82, 2.24) is 9.88 Å². The number of hydrogen-bond acceptors (Lipinski definition) is 7. The third kappa shape index (κ3) is 4.69. The summed E-state index contributed by atoms with van der Waals surface area (Å²) in [6, 6.07) is 13.4. The molecule has 3 heterocycles. The Labute approximate surface area is 221 Å². The lowest BCUT2D eigenvalue weighted by molar-refractivity contribution is -0.140. The summed E-state index contributed by atoms with van der Waals surface area (Å²) >= 11 is 0. The largest absolute Gasteiger partial charge is 0.507 e. The molecule has 2 aliphatic rings. The van der Waals surface area contributed by atoms with E-state index in [1.807, 2.05) is 26.8 Å². The van der Waals surface area contributed by atoms with Gasteiger partial charge >= 0.3 is 0 Å². The molecule has 5 rings (SSSR count). The van der Waals surface area contributed by atoms with Gasteiger partial charge in [-0.3, -0.25) is 14.6 Å². The Morgan fingerprint density at radius 1 is 1.03 bits per heavy atom. The summed E-state index contributed by atoms with van der Waals surface area (Å²) in [4.78, 5) is 32.4. The maximum absolute atomic E-state index is 13.5. The number of likely N-dealkylation sites (tertiary alicyclic amines) is 1. The molecule has 1 fully saturated rings. The molecule has 1 saturated heterocycles. The molecule has 2 atom stereocenters. The second-order valence-electron chi connectivity index (χ2n) is 9.31. The second-order valence-corrected chi connectivity index (χ2v) is 9.31. The minimum absolute atomic E-state index is 0.0302. The number of rotatable bonds is 8. The number of amides is 1. The van der Waals surface area contributed by atoms with Gasteiger partial charge in [0.15, 0.2) is 11.5 Å². The molecule has 8 heteroatoms. The van der Waals surface area contributed by atoms with Crippen molar-refractivity contribution >= 4 is 17.4 Å². The Balaban J connectivity index is 1.65. The third-order valence-electron chi connectivity index (χ3n) is 6.69. The molecule has 2 aliphatic heterocycles. The fraction of sp³-hybridized carbons (Fsp3) is 0.300. The SMILES string of the molecule is CCOc1ccc(C2/C(=C(\O)c3ccc4c(c3)CC(C)O4)C(=O)C(=O)N2Cc2ccncc2)cc1OCC. The number of fused-ring (bicyclic) bond motifs is 1. The zero-order chi connectivity index (χ0) is 26.8. The van der Waals surface area contributed by atoms with Gasteiger partial charge in [-0.25, -0.2) is 0 Å². The number of hydrogen-bond donors (Lipinski definition) is 1. The number of carbonyl (C=O) groups excluding carboxylic acids is 2. The lowest BCUT2D eigenvalue weighted by atomic mass is 9.94. The molecule has 196 valence electrons. The van der Waals surface area contributed by atoms with Crippen molar-refractivity contribution < 1.29 is 28.9 Å². The molecule has 3 aromatic rings. The number of pyridine rings is 1. The topological polar surface area (TPSA) is 98.2 Å². The zero-order valence-electron chi connectivity index (χ0n) is 21.6. The van der Waals surface area contributed by atoms with Crippen LogP contribution in [0.25, 0.3) is 5.76 Å². The molecule has 0 bridgehead atoms. The van der Waals surface area contributed by atoms with Crippen LogP contribution in [0, 0.1) is 0 Å². The summed E-state index contributed by atoms with van der Waals surface area (Å²) in [5.74, 6) is 0.190. The number of aromatic nitrogens is 1. The maximum atomic E-state index is 13.5. The van der Waals surface area contributed by atoms with Crippen LogP contribution in [0.1, 0.15) is 49.1 Å². The fourth-order valence-corrected chi connectivity index (χ4v) is 5.04. The molecular weight excluding hydrogens is 484 g/mol. The van der Waals surface area contributed by atoms with Gasteiger partial charge in [0.25, 0.3) is 11.7 Å². The molecule has 1 aromatic heterocycles. The van der Waals surface area contributed by atoms with Crippen LogP contribution >= 0.6 is 0 Å². The van der Waals surface area contributed by atoms with Gasteiger partial charge in [0, 0.05) is 30.9 Å². The zero-order valence-corrected chi connectivity index (χ0v) is 21.6. The highest BCUT2D eigenvalue weighted by Crippen LogP contribution is 2.43. The molecular formula is C30H30N2O6. The van der Waals surface area contributed by atoms with E-state index in [0.717, 1.165) is 16.9 Å². The van der Waals surface area contributed by atoms with Gasteiger partial charge < -0.3 is 24.2 Å². The van der Waals surface area contributed by atoms with Crippen LogP contribution in [0.15, 0.2) is 66.5 Å². The predicted molar refractivity (Wildman–Crippen MR) is 141 cm³/mol. The minimum atomic E-state index is -0.832. The van der Waals surface area contributed by atoms with Gasteiger partial charge in [0.05, 0.1) is 24.8 Å². The highest BCUT2D eigenvalue weighted by atomic mass is 16.5. The number of ether oxygens (including phenoxy) is 3. The first-order valence-corrected chi connectivity index (χ1v) is 12.8. The minimum Gasteiger partial charge on any atom is -0.507 e. The standard InChI is InChI=1S/C30H30N2O6/c1-4-36-24-9-6-20(16-25(24)37-5-2)27-26(28(33)21-7-8-23-22(15-21)14-18(3)38-23)29(34)30(35)32(27)17-19-10-12-31-13-11-19/h6-13,15-16,18,27,33H,4-5,14,17H2,1-3H3/b28-26+. The van der Waals surface area contributed by atoms with Gasteiger partial charge in [-0.15, -0.1) is 0 Å². The van der Waals surface area contributed by atoms with Crippen LogP contribution in [0.3, 0.4) is 0 Å². The number of ketones is 1. The predicted octanol–water partition coefficient (Wildman–Crippen LogP) is 4.82. The first-order chi connectivity index (χ1) is 18.4. The first-order valence-electron chi connectivity index (χ1n) is 12.8. The number of nitrogens with zero attached hydrogens (tertiary/aromatic N) is 2. The van der Waals surface area contributed by atoms with Crippen LogP contribution < -0.4 is 14.2 Å². The van der Waals surface area contributed by atoms with E-state index in [2.05, 4.69) is 4.98 Å². The lowest BCUT2D eigenvalue weighted by Gasteiger charge is -2.26. The Kier molecular flexibility index (Phi) is 7.05. The molecule has 0 aliphatic carbocycles. The van der Waals surface area contributed by atoms with E-state index in [1.54, 1.807) is 54.9 Å². The van der Waals surface area contributed by atoms with Crippen molar-refractivity contribution in [2.75, 3.05) is 13.2 Å². The quantitative estimate of drug-likeness (QED) is 0.261. The van der Waals surface area contributed by atoms with Crippen molar-refractivity contribution in [3.8, 4) is 17.2 Å². The fourth-order valence-electron chi connectivity index (χ4n) is 5.04. The van der Waals surface area contributed by atoms with Crippen LogP contribution in [0.2, 0.25) is 0 Å². The second kappa shape index (κ2) is 10.6. The lowest BCUT2D eigenvalue weighted by Crippen LogP contribution is -2.29. The normalized spacial score (nSPS) is 19.8. The molecule has 38 heavy (non-hydrogen) atoms. The van der Waals surface area contributed by atoms with E-state index < -0.39 is 17.7 Å². The summed E-state index contributed by atoms with van der Waals surface area (Å²) < 4.78 is 17.3. The van der Waals surface area contributed by atoms with Gasteiger partial charge in [-0.2, -0.15) is 0 Å². The number of aliphatic hydroxyl groups is 1. The number of carbonyl (C=O) groups is 2. The average molecular weight is 515 g/mol. The Bertz CT molecular complexity index is 1400. The van der Waals surface area contributed by atoms with Crippen molar-refractivity contribution in [3.63, 3.8) is 0 Å². The van der Waals surface area contributed by atoms with Crippen molar-refractivity contribution in [2.45, 2.75) is 45.9 Å². The van der Waals surface area contributed by atoms with Gasteiger partial charge in [0.2, 0.25) is 0 Å². The molecule has 0 saturated carbocycles. The molecule has 2 aromatic carbocycles. The van der Waals surface area contributed by atoms with Gasteiger partial charge in [-0.1, -0.05) is 6.07 Å². The summed E-state index contributed by atoms with van der Waals surface area (Å²) in [5, 5.41) is 11.5. The molecule has 0 spiro atoms. The first kappa shape index (κ1) is 25.3. The van der Waals surface area contributed by atoms with Crippen LogP contribution in [0.5, 0.6) is 17.2 Å². The Morgan fingerprint density at radius 2 is 1.76 bits per heavy atom.